The predicted octanol–water partition coefficient (Wildman–Crippen LogP) is 5.01. The van der Waals surface area contributed by atoms with E-state index in [2.05, 4.69) is 10.3 Å². The van der Waals surface area contributed by atoms with Crippen molar-refractivity contribution in [2.24, 2.45) is 0 Å². The second-order valence-corrected chi connectivity index (χ2v) is 10.9. The van der Waals surface area contributed by atoms with E-state index >= 15 is 0 Å². The minimum Gasteiger partial charge on any atom is -0.463 e. The van der Waals surface area contributed by atoms with Crippen LogP contribution in [0.2, 0.25) is 10.0 Å². The molecule has 0 radical (unpaired) electrons. The topological polar surface area (TPSA) is 119 Å². The summed E-state index contributed by atoms with van der Waals surface area (Å²) in [5.74, 6) is -3.65. The van der Waals surface area contributed by atoms with Gasteiger partial charge in [-0.3, -0.25) is 14.4 Å². The smallest absolute Gasteiger partial charge is 0.303 e. The van der Waals surface area contributed by atoms with Gasteiger partial charge in [0, 0.05) is 37.3 Å². The molecule has 0 N–H and O–H groups in total. The molecule has 0 amide bonds. The Morgan fingerprint density at radius 3 is 2.22 bits per heavy atom. The number of esters is 3. The Bertz CT molecular complexity index is 1440. The molecule has 218 valence electrons. The molecule has 0 spiro atoms. The molecule has 41 heavy (non-hydrogen) atoms. The molecule has 1 aliphatic rings. The van der Waals surface area contributed by atoms with Gasteiger partial charge < -0.3 is 18.9 Å². The Morgan fingerprint density at radius 2 is 1.61 bits per heavy atom. The lowest BCUT2D eigenvalue weighted by Gasteiger charge is -2.44. The number of aromatic nitrogens is 3. The zero-order valence-electron chi connectivity index (χ0n) is 21.8. The lowest BCUT2D eigenvalue weighted by molar-refractivity contribution is -0.212. The van der Waals surface area contributed by atoms with Crippen LogP contribution in [0.1, 0.15) is 26.8 Å². The van der Waals surface area contributed by atoms with Gasteiger partial charge in [-0.2, -0.15) is 0 Å². The number of hydrogen-bond acceptors (Lipinski definition) is 10. The van der Waals surface area contributed by atoms with Crippen LogP contribution < -0.4 is 0 Å². The van der Waals surface area contributed by atoms with Gasteiger partial charge in [-0.25, -0.2) is 13.5 Å². The Labute approximate surface area is 247 Å². The molecule has 2 aromatic carbocycles. The summed E-state index contributed by atoms with van der Waals surface area (Å²) in [5, 5.41) is 8.74. The first-order valence-electron chi connectivity index (χ1n) is 12.0. The van der Waals surface area contributed by atoms with E-state index in [9.17, 15) is 23.2 Å². The van der Waals surface area contributed by atoms with Crippen molar-refractivity contribution in [2.45, 2.75) is 55.5 Å². The molecule has 1 aliphatic heterocycles. The third-order valence-corrected chi connectivity index (χ3v) is 7.67. The van der Waals surface area contributed by atoms with E-state index in [1.54, 1.807) is 18.2 Å². The number of ether oxygens (including phenoxy) is 4. The molecule has 0 aliphatic carbocycles. The van der Waals surface area contributed by atoms with Gasteiger partial charge in [-0.05, 0) is 30.3 Å². The van der Waals surface area contributed by atoms with E-state index in [0.29, 0.717) is 16.0 Å². The first kappa shape index (κ1) is 30.7. The summed E-state index contributed by atoms with van der Waals surface area (Å²) in [7, 11) is 0. The molecular formula is C26H23Cl2F2N3O7S. The van der Waals surface area contributed by atoms with Crippen LogP contribution in [-0.2, 0) is 33.3 Å². The Hall–Kier alpha value is -3.26. The molecule has 1 aromatic heterocycles. The molecule has 4 rings (SSSR count). The third-order valence-electron chi connectivity index (χ3n) is 5.79. The highest BCUT2D eigenvalue weighted by atomic mass is 35.5. The summed E-state index contributed by atoms with van der Waals surface area (Å²) < 4.78 is 51.8. The van der Waals surface area contributed by atoms with Crippen molar-refractivity contribution in [3.8, 4) is 11.3 Å². The summed E-state index contributed by atoms with van der Waals surface area (Å²) in [5.41, 5.74) is -0.803. The van der Waals surface area contributed by atoms with Gasteiger partial charge in [-0.15, -0.1) is 5.10 Å². The summed E-state index contributed by atoms with van der Waals surface area (Å²) in [6.07, 6.45) is -2.07. The summed E-state index contributed by atoms with van der Waals surface area (Å²) in [6.45, 7) is 3.23. The maximum atomic E-state index is 13.9. The second kappa shape index (κ2) is 13.1. The van der Waals surface area contributed by atoms with Gasteiger partial charge in [0.05, 0.1) is 16.2 Å². The van der Waals surface area contributed by atoms with E-state index in [-0.39, 0.29) is 22.9 Å². The highest BCUT2D eigenvalue weighted by Crippen LogP contribution is 2.42. The van der Waals surface area contributed by atoms with Crippen molar-refractivity contribution in [3.05, 3.63) is 64.3 Å². The molecule has 0 saturated carbocycles. The van der Waals surface area contributed by atoms with Crippen LogP contribution in [0.4, 0.5) is 8.78 Å². The Kier molecular flexibility index (Phi) is 9.84. The zero-order valence-corrected chi connectivity index (χ0v) is 24.1. The van der Waals surface area contributed by atoms with Crippen molar-refractivity contribution in [1.82, 2.24) is 15.0 Å². The fourth-order valence-corrected chi connectivity index (χ4v) is 5.73. The number of hydrogen-bond donors (Lipinski definition) is 0. The highest BCUT2D eigenvalue weighted by molar-refractivity contribution is 7.99. The van der Waals surface area contributed by atoms with Crippen LogP contribution in [0.3, 0.4) is 0 Å². The normalized spacial score (nSPS) is 22.2. The largest absolute Gasteiger partial charge is 0.463 e. The van der Waals surface area contributed by atoms with Gasteiger partial charge in [0.2, 0.25) is 0 Å². The average molecular weight is 630 g/mol. The van der Waals surface area contributed by atoms with E-state index in [1.807, 2.05) is 0 Å². The molecule has 0 bridgehead atoms. The van der Waals surface area contributed by atoms with Crippen LogP contribution in [0, 0.1) is 11.6 Å². The maximum absolute atomic E-state index is 13.9. The van der Waals surface area contributed by atoms with Gasteiger partial charge in [0.15, 0.2) is 12.2 Å². The monoisotopic (exact) mass is 629 g/mol. The van der Waals surface area contributed by atoms with Crippen LogP contribution in [0.5, 0.6) is 0 Å². The predicted molar refractivity (Wildman–Crippen MR) is 143 cm³/mol. The molecule has 1 saturated heterocycles. The van der Waals surface area contributed by atoms with Gasteiger partial charge in [0.1, 0.15) is 41.5 Å². The molecule has 5 atom stereocenters. The molecular weight excluding hydrogens is 607 g/mol. The number of rotatable bonds is 8. The van der Waals surface area contributed by atoms with Gasteiger partial charge in [0.25, 0.3) is 0 Å². The number of carbonyl (C=O) groups excluding carboxylic acids is 3. The molecule has 2 unspecified atom stereocenters. The quantitative estimate of drug-likeness (QED) is 0.248. The van der Waals surface area contributed by atoms with Crippen LogP contribution in [0.15, 0.2) is 47.5 Å². The first-order chi connectivity index (χ1) is 19.4. The maximum Gasteiger partial charge on any atom is 0.303 e. The van der Waals surface area contributed by atoms with E-state index in [4.69, 9.17) is 42.1 Å². The molecule has 3 aromatic rings. The van der Waals surface area contributed by atoms with Crippen LogP contribution in [0.25, 0.3) is 11.3 Å². The van der Waals surface area contributed by atoms with E-state index < -0.39 is 59.3 Å². The van der Waals surface area contributed by atoms with Crippen molar-refractivity contribution >= 4 is 52.9 Å². The zero-order chi connectivity index (χ0) is 29.8. The van der Waals surface area contributed by atoms with Crippen molar-refractivity contribution < 1.29 is 42.1 Å². The number of carbonyl (C=O) groups is 3. The number of thioether (sulfide) groups is 1. The fourth-order valence-electron chi connectivity index (χ4n) is 4.22. The van der Waals surface area contributed by atoms with E-state index in [0.717, 1.165) is 23.9 Å². The SMILES string of the molecule is CC(=O)OCC1O[C@H](Sc2ccc(Cl)c(Cl)c2)[C@@H](OC(C)=O)C(n2cc(-c3cc(F)cc(F)c3)nn2)[C@H]1OC(C)=O. The van der Waals surface area contributed by atoms with Gasteiger partial charge in [-0.1, -0.05) is 40.2 Å². The minimum absolute atomic E-state index is 0.0864. The van der Waals surface area contributed by atoms with Crippen molar-refractivity contribution in [1.29, 1.82) is 0 Å². The summed E-state index contributed by atoms with van der Waals surface area (Å²) >= 11 is 13.4. The number of nitrogens with zero attached hydrogens (tertiary/aromatic N) is 3. The summed E-state index contributed by atoms with van der Waals surface area (Å²) in [4.78, 5) is 36.7. The average Bonchev–Trinajstić information content (AvgIpc) is 3.35. The van der Waals surface area contributed by atoms with Crippen LogP contribution in [-0.4, -0.2) is 63.3 Å². The molecule has 1 fully saturated rings. The fraction of sp³-hybridized carbons (Fsp3) is 0.346. The molecule has 10 nitrogen and oxygen atoms in total. The minimum atomic E-state index is -1.21. The second-order valence-electron chi connectivity index (χ2n) is 8.92. The Morgan fingerprint density at radius 1 is 0.951 bits per heavy atom. The number of benzene rings is 2. The van der Waals surface area contributed by atoms with Crippen molar-refractivity contribution in [2.75, 3.05) is 6.61 Å². The summed E-state index contributed by atoms with van der Waals surface area (Å²) in [6, 6.07) is 6.60. The molecule has 2 heterocycles. The lowest BCUT2D eigenvalue weighted by Crippen LogP contribution is -2.57. The van der Waals surface area contributed by atoms with Crippen LogP contribution >= 0.6 is 35.0 Å². The van der Waals surface area contributed by atoms with E-state index in [1.165, 1.54) is 31.6 Å². The number of halogens is 4. The third kappa shape index (κ3) is 7.73. The Balaban J connectivity index is 1.81. The lowest BCUT2D eigenvalue weighted by atomic mass is 9.96. The highest BCUT2D eigenvalue weighted by Gasteiger charge is 2.52. The molecule has 15 heteroatoms. The van der Waals surface area contributed by atoms with Gasteiger partial charge >= 0.3 is 17.9 Å². The van der Waals surface area contributed by atoms with Crippen molar-refractivity contribution in [3.63, 3.8) is 0 Å². The first-order valence-corrected chi connectivity index (χ1v) is 13.7. The standard InChI is InChI=1S/C26H23Cl2F2N3O7S/c1-12(34)37-11-22-24(38-13(2)35)23(33-10-21(31-32-33)15-6-16(29)8-17(30)7-15)25(39-14(3)36)26(40-22)41-18-4-5-19(27)20(28)9-18/h4-10,22-26H,11H2,1-3H3/t22?,23?,24-,25-,26+/m0/s1.